The van der Waals surface area contributed by atoms with Gasteiger partial charge in [0.15, 0.2) is 0 Å². The number of carboxylic acids is 1. The molecule has 1 atom stereocenters. The van der Waals surface area contributed by atoms with E-state index in [1.807, 2.05) is 13.8 Å². The first-order valence-corrected chi connectivity index (χ1v) is 9.58. The van der Waals surface area contributed by atoms with Gasteiger partial charge in [-0.1, -0.05) is 13.8 Å². The maximum atomic E-state index is 15.0. The van der Waals surface area contributed by atoms with Crippen LogP contribution < -0.4 is 16.1 Å². The van der Waals surface area contributed by atoms with Gasteiger partial charge in [-0.3, -0.25) is 4.79 Å². The molecule has 6 nitrogen and oxygen atoms in total. The van der Waals surface area contributed by atoms with Crippen molar-refractivity contribution in [2.45, 2.75) is 19.9 Å². The predicted octanol–water partition coefficient (Wildman–Crippen LogP) is 3.28. The highest BCUT2D eigenvalue weighted by Gasteiger charge is 2.38. The molecule has 1 saturated heterocycles. The van der Waals surface area contributed by atoms with Crippen molar-refractivity contribution < 1.29 is 23.1 Å². The van der Waals surface area contributed by atoms with Crippen molar-refractivity contribution in [2.75, 3.05) is 18.0 Å². The molecule has 0 spiro atoms. The number of benzene rings is 2. The summed E-state index contributed by atoms with van der Waals surface area (Å²) in [6.07, 6.45) is 0.963. The third-order valence-electron chi connectivity index (χ3n) is 5.83. The Morgan fingerprint density at radius 3 is 2.39 bits per heavy atom. The number of anilines is 1. The second-order valence-corrected chi connectivity index (χ2v) is 8.44. The molecule has 0 bridgehead atoms. The smallest absolute Gasteiger partial charge is 0.341 e. The van der Waals surface area contributed by atoms with Crippen LogP contribution in [-0.4, -0.2) is 34.8 Å². The Kier molecular flexibility index (Phi) is 4.81. The molecule has 4 rings (SSSR count). The molecule has 1 aliphatic rings. The Morgan fingerprint density at radius 1 is 1.13 bits per heavy atom. The van der Waals surface area contributed by atoms with Crippen LogP contribution in [0.15, 0.2) is 41.3 Å². The van der Waals surface area contributed by atoms with Crippen molar-refractivity contribution >= 4 is 22.6 Å². The quantitative estimate of drug-likeness (QED) is 0.665. The van der Waals surface area contributed by atoms with E-state index >= 15 is 4.39 Å². The average Bonchev–Trinajstić information content (AvgIpc) is 2.95. The number of hydrogen-bond donors (Lipinski definition) is 2. The van der Waals surface area contributed by atoms with Crippen molar-refractivity contribution in [3.8, 4) is 5.69 Å². The number of carbonyl (C=O) groups is 1. The SMILES string of the molecule is CC1(C)CN(c2cc3c(cc2F)c(=O)c(C(=O)O)cn3-c2ccc(F)cc2F)C[C@@H]1N. The summed E-state index contributed by atoms with van der Waals surface area (Å²) in [6, 6.07) is 4.89. The number of pyridine rings is 1. The predicted molar refractivity (Wildman–Crippen MR) is 110 cm³/mol. The summed E-state index contributed by atoms with van der Waals surface area (Å²) in [6.45, 7) is 4.75. The summed E-state index contributed by atoms with van der Waals surface area (Å²) < 4.78 is 44.1. The van der Waals surface area contributed by atoms with Crippen LogP contribution in [0.25, 0.3) is 16.6 Å². The molecule has 0 radical (unpaired) electrons. The molecule has 2 heterocycles. The van der Waals surface area contributed by atoms with Gasteiger partial charge in [0.25, 0.3) is 0 Å². The lowest BCUT2D eigenvalue weighted by atomic mass is 9.89. The molecule has 1 aliphatic heterocycles. The van der Waals surface area contributed by atoms with Gasteiger partial charge in [-0.05, 0) is 29.7 Å². The fourth-order valence-corrected chi connectivity index (χ4v) is 3.95. The van der Waals surface area contributed by atoms with Crippen molar-refractivity contribution in [1.82, 2.24) is 4.57 Å². The Morgan fingerprint density at radius 2 is 1.81 bits per heavy atom. The fourth-order valence-electron chi connectivity index (χ4n) is 3.95. The average molecular weight is 431 g/mol. The zero-order valence-electron chi connectivity index (χ0n) is 16.8. The van der Waals surface area contributed by atoms with E-state index in [1.165, 1.54) is 6.07 Å². The number of nitrogens with two attached hydrogens (primary N) is 1. The zero-order chi connectivity index (χ0) is 22.7. The first-order valence-electron chi connectivity index (χ1n) is 9.58. The molecule has 0 saturated carbocycles. The van der Waals surface area contributed by atoms with Crippen molar-refractivity contribution in [2.24, 2.45) is 11.1 Å². The van der Waals surface area contributed by atoms with Crippen LogP contribution in [-0.2, 0) is 0 Å². The molecule has 1 aromatic heterocycles. The van der Waals surface area contributed by atoms with Gasteiger partial charge in [0.1, 0.15) is 23.0 Å². The highest BCUT2D eigenvalue weighted by Crippen LogP contribution is 2.35. The van der Waals surface area contributed by atoms with E-state index in [1.54, 1.807) is 4.90 Å². The van der Waals surface area contributed by atoms with E-state index in [0.717, 1.165) is 29.0 Å². The summed E-state index contributed by atoms with van der Waals surface area (Å²) in [5.41, 5.74) is 4.40. The number of rotatable bonds is 3. The van der Waals surface area contributed by atoms with Gasteiger partial charge in [0.2, 0.25) is 5.43 Å². The van der Waals surface area contributed by atoms with Crippen molar-refractivity contribution in [3.63, 3.8) is 0 Å². The normalized spacial score (nSPS) is 18.0. The van der Waals surface area contributed by atoms with Crippen LogP contribution in [0.5, 0.6) is 0 Å². The number of aromatic nitrogens is 1. The van der Waals surface area contributed by atoms with Gasteiger partial charge in [-0.2, -0.15) is 0 Å². The number of nitrogens with zero attached hydrogens (tertiary/aromatic N) is 2. The Hall–Kier alpha value is -3.33. The molecule has 162 valence electrons. The number of fused-ring (bicyclic) bond motifs is 1. The van der Waals surface area contributed by atoms with E-state index in [2.05, 4.69) is 0 Å². The minimum Gasteiger partial charge on any atom is -0.477 e. The Labute approximate surface area is 175 Å². The summed E-state index contributed by atoms with van der Waals surface area (Å²) in [7, 11) is 0. The fraction of sp³-hybridized carbons (Fsp3) is 0.273. The summed E-state index contributed by atoms with van der Waals surface area (Å²) in [5, 5.41) is 9.18. The lowest BCUT2D eigenvalue weighted by molar-refractivity contribution is 0.0695. The van der Waals surface area contributed by atoms with Gasteiger partial charge in [0.05, 0.1) is 16.9 Å². The molecule has 0 unspecified atom stereocenters. The van der Waals surface area contributed by atoms with Crippen LogP contribution in [0.3, 0.4) is 0 Å². The molecule has 1 fully saturated rings. The molecule has 0 amide bonds. The molecular formula is C22H20F3N3O3. The van der Waals surface area contributed by atoms with Crippen molar-refractivity contribution in [3.05, 3.63) is 69.8 Å². The second kappa shape index (κ2) is 7.12. The molecular weight excluding hydrogens is 411 g/mol. The third kappa shape index (κ3) is 3.44. The number of aromatic carboxylic acids is 1. The van der Waals surface area contributed by atoms with Crippen LogP contribution in [0.2, 0.25) is 0 Å². The first-order chi connectivity index (χ1) is 14.5. The number of halogens is 3. The zero-order valence-corrected chi connectivity index (χ0v) is 16.8. The van der Waals surface area contributed by atoms with Crippen LogP contribution >= 0.6 is 0 Å². The minimum atomic E-state index is -1.54. The van der Waals surface area contributed by atoms with E-state index in [-0.39, 0.29) is 33.7 Å². The minimum absolute atomic E-state index is 0.0928. The second-order valence-electron chi connectivity index (χ2n) is 8.44. The third-order valence-corrected chi connectivity index (χ3v) is 5.83. The van der Waals surface area contributed by atoms with E-state index < -0.39 is 34.4 Å². The molecule has 9 heteroatoms. The summed E-state index contributed by atoms with van der Waals surface area (Å²) >= 11 is 0. The molecule has 3 aromatic rings. The number of hydrogen-bond acceptors (Lipinski definition) is 4. The Bertz CT molecular complexity index is 1290. The van der Waals surface area contributed by atoms with Crippen molar-refractivity contribution in [1.29, 1.82) is 0 Å². The van der Waals surface area contributed by atoms with E-state index in [9.17, 15) is 23.5 Å². The molecule has 2 aromatic carbocycles. The monoisotopic (exact) mass is 431 g/mol. The lowest BCUT2D eigenvalue weighted by Gasteiger charge is -2.23. The first kappa shape index (κ1) is 20.9. The van der Waals surface area contributed by atoms with Gasteiger partial charge >= 0.3 is 5.97 Å². The van der Waals surface area contributed by atoms with Gasteiger partial charge in [-0.25, -0.2) is 18.0 Å². The maximum absolute atomic E-state index is 15.0. The largest absolute Gasteiger partial charge is 0.477 e. The molecule has 0 aliphatic carbocycles. The lowest BCUT2D eigenvalue weighted by Crippen LogP contribution is -2.35. The molecule has 3 N–H and O–H groups in total. The standard InChI is InChI=1S/C22H20F3N3O3/c1-22(2)10-27(9-19(22)26)18-7-17-12(6-15(18)25)20(29)13(21(30)31)8-28(17)16-4-3-11(23)5-14(16)24/h3-8,19H,9-10,26H2,1-2H3,(H,30,31)/t19-/m0/s1. The summed E-state index contributed by atoms with van der Waals surface area (Å²) in [5.74, 6) is -4.04. The van der Waals surface area contributed by atoms with E-state index in [4.69, 9.17) is 5.73 Å². The van der Waals surface area contributed by atoms with Gasteiger partial charge in [0, 0.05) is 36.8 Å². The van der Waals surface area contributed by atoms with Gasteiger partial charge < -0.3 is 20.3 Å². The molecule has 31 heavy (non-hydrogen) atoms. The highest BCUT2D eigenvalue weighted by atomic mass is 19.1. The topological polar surface area (TPSA) is 88.6 Å². The van der Waals surface area contributed by atoms with E-state index in [0.29, 0.717) is 19.2 Å². The van der Waals surface area contributed by atoms with Crippen LogP contribution in [0, 0.1) is 22.9 Å². The van der Waals surface area contributed by atoms with Gasteiger partial charge in [-0.15, -0.1) is 0 Å². The highest BCUT2D eigenvalue weighted by molar-refractivity contribution is 5.94. The summed E-state index contributed by atoms with van der Waals surface area (Å²) in [4.78, 5) is 26.0. The number of carboxylic acid groups (broad SMARTS) is 1. The van der Waals surface area contributed by atoms with Crippen LogP contribution in [0.1, 0.15) is 24.2 Å². The van der Waals surface area contributed by atoms with Crippen LogP contribution in [0.4, 0.5) is 18.9 Å². The maximum Gasteiger partial charge on any atom is 0.341 e. The Balaban J connectivity index is 2.02.